The Morgan fingerprint density at radius 3 is 2.12 bits per heavy atom. The number of benzene rings is 1. The van der Waals surface area contributed by atoms with Gasteiger partial charge in [0.25, 0.3) is 10.0 Å². The number of alkyl halides is 3. The molecular weight excluding hydrogens is 829 g/mol. The molecule has 2 N–H and O–H groups in total. The fourth-order valence-corrected chi connectivity index (χ4v) is 11.9. The minimum Gasteiger partial charge on any atom is -0.480 e. The number of thiophene rings is 1. The lowest BCUT2D eigenvalue weighted by Gasteiger charge is -2.34. The molecule has 0 aliphatic carbocycles. The van der Waals surface area contributed by atoms with Gasteiger partial charge in [0.2, 0.25) is 10.0 Å². The summed E-state index contributed by atoms with van der Waals surface area (Å²) in [4.78, 5) is 16.6. The number of hydrogen-bond donors (Lipinski definition) is 2. The van der Waals surface area contributed by atoms with E-state index in [1.54, 1.807) is 36.4 Å². The smallest absolute Gasteiger partial charge is 0.420 e. The van der Waals surface area contributed by atoms with Crippen LogP contribution in [0.2, 0.25) is 4.34 Å². The molecule has 2 aromatic heterocycles. The molecule has 5 rings (SSSR count). The van der Waals surface area contributed by atoms with Crippen molar-refractivity contribution in [1.82, 2.24) is 14.0 Å². The van der Waals surface area contributed by atoms with Gasteiger partial charge in [0.15, 0.2) is 0 Å². The van der Waals surface area contributed by atoms with Gasteiger partial charge in [-0.15, -0.1) is 11.3 Å². The van der Waals surface area contributed by atoms with E-state index >= 15 is 0 Å². The van der Waals surface area contributed by atoms with Crippen molar-refractivity contribution >= 4 is 70.7 Å². The number of piperidine rings is 2. The number of unbranched alkanes of at least 4 members (excludes halogenated alkanes) is 2. The Labute approximate surface area is 320 Å². The van der Waals surface area contributed by atoms with E-state index in [0.717, 1.165) is 62.5 Å². The third-order valence-corrected chi connectivity index (χ3v) is 16.0. The van der Waals surface area contributed by atoms with Gasteiger partial charge >= 0.3 is 12.1 Å². The van der Waals surface area contributed by atoms with Crippen molar-refractivity contribution in [2.75, 3.05) is 31.1 Å². The summed E-state index contributed by atoms with van der Waals surface area (Å²) < 4.78 is 99.6. The number of aromatic nitrogens is 1. The van der Waals surface area contributed by atoms with Gasteiger partial charge in [-0.25, -0.2) is 21.8 Å². The number of sulfonamides is 2. The molecule has 2 aliphatic heterocycles. The van der Waals surface area contributed by atoms with E-state index in [0.29, 0.717) is 71.3 Å². The molecule has 1 atom stereocenters. The van der Waals surface area contributed by atoms with Crippen LogP contribution in [0.1, 0.15) is 68.9 Å². The van der Waals surface area contributed by atoms with Crippen molar-refractivity contribution in [3.05, 3.63) is 68.6 Å². The summed E-state index contributed by atoms with van der Waals surface area (Å²) in [6.45, 7) is 1.66. The zero-order valence-electron chi connectivity index (χ0n) is 28.2. The van der Waals surface area contributed by atoms with E-state index in [1.807, 2.05) is 4.72 Å². The van der Waals surface area contributed by atoms with Crippen molar-refractivity contribution in [1.29, 1.82) is 0 Å². The fraction of sp³-hybridized carbons (Fsp3) is 0.529. The maximum atomic E-state index is 14.2. The van der Waals surface area contributed by atoms with E-state index in [-0.39, 0.29) is 16.4 Å². The van der Waals surface area contributed by atoms with Gasteiger partial charge in [-0.05, 0) is 77.6 Å². The van der Waals surface area contributed by atoms with Crippen LogP contribution >= 0.6 is 38.9 Å². The molecule has 10 nitrogen and oxygen atoms in total. The van der Waals surface area contributed by atoms with Gasteiger partial charge < -0.3 is 10.0 Å². The van der Waals surface area contributed by atoms with Gasteiger partial charge in [-0.2, -0.15) is 22.2 Å². The average molecular weight is 870 g/mol. The summed E-state index contributed by atoms with van der Waals surface area (Å²) in [6.07, 6.45) is 3.80. The summed E-state index contributed by atoms with van der Waals surface area (Å²) in [7, 11) is -8.20. The fourth-order valence-electron chi connectivity index (χ4n) is 6.83. The van der Waals surface area contributed by atoms with Crippen molar-refractivity contribution < 1.29 is 39.9 Å². The molecule has 0 amide bonds. The number of nitrogens with zero attached hydrogens (tertiary/aromatic N) is 3. The second-order valence-corrected chi connectivity index (χ2v) is 19.7. The molecular formula is C34H41BrClF3N4O6S3. The SMILES string of the molecule is O=C(O)C(Cc1ccccc1)NS(=O)(=O)c1cnc(N2CCC(CCCCCC3CCN(S(=O)(=O)c4cc(Br)c(Cl)s4)CC3)CC2)c(C(F)(F)F)c1. The first kappa shape index (κ1) is 40.9. The molecule has 3 aromatic rings. The molecule has 2 fully saturated rings. The molecule has 286 valence electrons. The Morgan fingerprint density at radius 1 is 0.981 bits per heavy atom. The summed E-state index contributed by atoms with van der Waals surface area (Å²) in [5.41, 5.74) is -0.639. The van der Waals surface area contributed by atoms with Crippen molar-refractivity contribution in [3.63, 3.8) is 0 Å². The third kappa shape index (κ3) is 10.5. The van der Waals surface area contributed by atoms with Gasteiger partial charge in [0, 0.05) is 36.8 Å². The van der Waals surface area contributed by atoms with Gasteiger partial charge in [-0.3, -0.25) is 4.79 Å². The molecule has 52 heavy (non-hydrogen) atoms. The van der Waals surface area contributed by atoms with Gasteiger partial charge in [0.05, 0.1) is 5.56 Å². The number of carboxylic acid groups (broad SMARTS) is 1. The Bertz CT molecular complexity index is 1880. The van der Waals surface area contributed by atoms with Crippen LogP contribution in [0.3, 0.4) is 0 Å². The standard InChI is InChI=1S/C34H41BrClF3N4O6S3/c35-28-21-30(50-31(28)36)52(48,49)43-17-13-24(14-18-43)8-4-1-3-7-23-11-15-42(16-12-23)32-27(34(37,38)39)20-26(22-40-32)51(46,47)41-29(33(44)45)19-25-9-5-2-6-10-25/h2,5-6,9-10,20-24,29,41H,1,3-4,7-8,11-19H2,(H,44,45). The Hall–Kier alpha value is -2.28. The average Bonchev–Trinajstić information content (AvgIpc) is 3.46. The summed E-state index contributed by atoms with van der Waals surface area (Å²) in [5, 5.41) is 9.62. The minimum atomic E-state index is -4.89. The van der Waals surface area contributed by atoms with Crippen LogP contribution in [-0.4, -0.2) is 69.4 Å². The zero-order chi connectivity index (χ0) is 37.7. The first-order chi connectivity index (χ1) is 24.5. The monoisotopic (exact) mass is 868 g/mol. The quantitative estimate of drug-likeness (QED) is 0.148. The summed E-state index contributed by atoms with van der Waals surface area (Å²) >= 11 is 10.4. The van der Waals surface area contributed by atoms with Crippen LogP contribution in [0.5, 0.6) is 0 Å². The number of nitrogens with one attached hydrogen (secondary N) is 1. The topological polar surface area (TPSA) is 137 Å². The van der Waals surface area contributed by atoms with Gasteiger partial charge in [-0.1, -0.05) is 74.0 Å². The Balaban J connectivity index is 1.07. The van der Waals surface area contributed by atoms with E-state index in [9.17, 15) is 39.9 Å². The number of hydrogen-bond acceptors (Lipinski definition) is 8. The largest absolute Gasteiger partial charge is 0.480 e. The van der Waals surface area contributed by atoms with Crippen LogP contribution in [0.4, 0.5) is 19.0 Å². The third-order valence-electron chi connectivity index (χ3n) is 9.76. The molecule has 1 unspecified atom stereocenters. The molecule has 0 radical (unpaired) electrons. The maximum absolute atomic E-state index is 14.2. The predicted molar refractivity (Wildman–Crippen MR) is 198 cm³/mol. The number of aliphatic carboxylic acids is 1. The van der Waals surface area contributed by atoms with Crippen molar-refractivity contribution in [3.8, 4) is 0 Å². The first-order valence-electron chi connectivity index (χ1n) is 17.1. The lowest BCUT2D eigenvalue weighted by molar-refractivity contribution is -0.139. The van der Waals surface area contributed by atoms with Crippen LogP contribution in [0.25, 0.3) is 0 Å². The highest BCUT2D eigenvalue weighted by Gasteiger charge is 2.39. The minimum absolute atomic E-state index is 0.193. The van der Waals surface area contributed by atoms with Gasteiger partial charge in [0.1, 0.15) is 25.3 Å². The molecule has 0 bridgehead atoms. The summed E-state index contributed by atoms with van der Waals surface area (Å²) in [6, 6.07) is 8.79. The Kier molecular flexibility index (Phi) is 13.7. The van der Waals surface area contributed by atoms with Crippen LogP contribution in [0.15, 0.2) is 62.2 Å². The zero-order valence-corrected chi connectivity index (χ0v) is 33.0. The van der Waals surface area contributed by atoms with Crippen molar-refractivity contribution in [2.45, 2.75) is 85.5 Å². The van der Waals surface area contributed by atoms with E-state index in [4.69, 9.17) is 11.6 Å². The summed E-state index contributed by atoms with van der Waals surface area (Å²) in [5.74, 6) is -0.980. The molecule has 0 spiro atoms. The van der Waals surface area contributed by atoms with E-state index < -0.39 is 48.7 Å². The van der Waals surface area contributed by atoms with Crippen molar-refractivity contribution in [2.24, 2.45) is 11.8 Å². The van der Waals surface area contributed by atoms with E-state index in [2.05, 4.69) is 20.9 Å². The van der Waals surface area contributed by atoms with E-state index in [1.165, 1.54) is 9.21 Å². The van der Waals surface area contributed by atoms with Crippen LogP contribution in [-0.2, 0) is 37.4 Å². The number of carboxylic acids is 1. The Morgan fingerprint density at radius 2 is 1.58 bits per heavy atom. The lowest BCUT2D eigenvalue weighted by atomic mass is 9.89. The normalized spacial score (nSPS) is 17.8. The molecule has 2 saturated heterocycles. The maximum Gasteiger partial charge on any atom is 0.420 e. The number of anilines is 1. The second-order valence-electron chi connectivity index (χ2n) is 13.3. The highest BCUT2D eigenvalue weighted by Crippen LogP contribution is 2.39. The van der Waals surface area contributed by atoms with Crippen LogP contribution in [0, 0.1) is 11.8 Å². The number of pyridine rings is 1. The first-order valence-corrected chi connectivity index (χ1v) is 22.0. The lowest BCUT2D eigenvalue weighted by Crippen LogP contribution is -2.42. The molecule has 4 heterocycles. The molecule has 2 aliphatic rings. The second kappa shape index (κ2) is 17.5. The highest BCUT2D eigenvalue weighted by molar-refractivity contribution is 9.10. The molecule has 1 aromatic carbocycles. The number of rotatable bonds is 15. The predicted octanol–water partition coefficient (Wildman–Crippen LogP) is 7.82. The number of carbonyl (C=O) groups is 1. The molecule has 18 heteroatoms. The number of halogens is 5. The van der Waals surface area contributed by atoms with Crippen LogP contribution < -0.4 is 9.62 Å². The highest BCUT2D eigenvalue weighted by atomic mass is 79.9. The molecule has 0 saturated carbocycles.